The normalized spacial score (nSPS) is 18.9. The van der Waals surface area contributed by atoms with E-state index in [4.69, 9.17) is 10.6 Å². The lowest BCUT2D eigenvalue weighted by molar-refractivity contribution is -0.660. The summed E-state index contributed by atoms with van der Waals surface area (Å²) in [5.41, 5.74) is 3.24. The summed E-state index contributed by atoms with van der Waals surface area (Å²) in [5, 5.41) is 52.6. The summed E-state index contributed by atoms with van der Waals surface area (Å²) < 4.78 is 3.49. The summed E-state index contributed by atoms with van der Waals surface area (Å²) in [6, 6.07) is 6.74. The number of β-lactam (4-membered cyclic amide) rings is 1. The highest BCUT2D eigenvalue weighted by atomic mass is 32.2. The lowest BCUT2D eigenvalue weighted by Gasteiger charge is -2.47. The average Bonchev–Trinajstić information content (AvgIpc) is 3.67. The lowest BCUT2D eigenvalue weighted by Crippen LogP contribution is -2.58. The van der Waals surface area contributed by atoms with Gasteiger partial charge in [-0.05, 0) is 30.3 Å². The van der Waals surface area contributed by atoms with E-state index in [1.165, 1.54) is 11.5 Å². The van der Waals surface area contributed by atoms with E-state index in [0.29, 0.717) is 6.21 Å². The van der Waals surface area contributed by atoms with Crippen molar-refractivity contribution < 1.29 is 49.0 Å². The molecular formula is C29H24N8O9S2. The lowest BCUT2D eigenvalue weighted by atomic mass is 9.90. The van der Waals surface area contributed by atoms with Crippen molar-refractivity contribution in [3.8, 4) is 11.5 Å². The first-order valence-electron chi connectivity index (χ1n) is 13.9. The number of nitrogens with two attached hydrogens (primary N) is 1. The molecule has 0 radical (unpaired) electrons. The number of aromatic nitrogens is 4. The van der Waals surface area contributed by atoms with Crippen molar-refractivity contribution >= 4 is 63.8 Å². The fourth-order valence-electron chi connectivity index (χ4n) is 5.17. The van der Waals surface area contributed by atoms with E-state index in [-0.39, 0.29) is 34.9 Å². The smallest absolute Gasteiger partial charge is 0.362 e. The zero-order valence-electron chi connectivity index (χ0n) is 24.4. The van der Waals surface area contributed by atoms with Gasteiger partial charge in [-0.2, -0.15) is 0 Å². The van der Waals surface area contributed by atoms with Crippen LogP contribution in [0.15, 0.2) is 82.9 Å². The molecule has 1 aromatic carbocycles. The minimum atomic E-state index is -2.51. The summed E-state index contributed by atoms with van der Waals surface area (Å²) >= 11 is 2.03. The molecular weight excluding hydrogens is 669 g/mol. The molecule has 2 amide bonds. The molecule has 3 atom stereocenters. The summed E-state index contributed by atoms with van der Waals surface area (Å²) in [6.07, 6.45) is 8.96. The van der Waals surface area contributed by atoms with Crippen molar-refractivity contribution in [1.82, 2.24) is 24.8 Å². The van der Waals surface area contributed by atoms with Crippen LogP contribution in [0.3, 0.4) is 0 Å². The highest BCUT2D eigenvalue weighted by Gasteiger charge is 2.49. The fourth-order valence-corrected chi connectivity index (χ4v) is 7.19. The first kappa shape index (κ1) is 32.0. The van der Waals surface area contributed by atoms with Gasteiger partial charge >= 0.3 is 17.2 Å². The third-order valence-electron chi connectivity index (χ3n) is 7.43. The SMILES string of the molecule is Nc1nc(C(O/N=C\C(=O)N[C@H]2S[C@@H]3CC(=O)N3C(C(=O)[O-])=C2/C=C/C[n+]2ccn3ncccc32)(C(=O)O)c2ccc(O)c(O)c2)cs1. The highest BCUT2D eigenvalue weighted by Crippen LogP contribution is 2.43. The number of rotatable bonds is 11. The topological polar surface area (TPSA) is 249 Å². The van der Waals surface area contributed by atoms with Gasteiger partial charge < -0.3 is 41.1 Å². The molecule has 0 aliphatic carbocycles. The second-order valence-corrected chi connectivity index (χ2v) is 12.5. The van der Waals surface area contributed by atoms with Crippen LogP contribution in [0.5, 0.6) is 11.5 Å². The van der Waals surface area contributed by atoms with Gasteiger partial charge in [-0.25, -0.2) is 14.3 Å². The van der Waals surface area contributed by atoms with Crippen LogP contribution in [0.4, 0.5) is 5.13 Å². The van der Waals surface area contributed by atoms with Gasteiger partial charge in [-0.1, -0.05) is 16.3 Å². The third kappa shape index (κ3) is 5.75. The predicted molar refractivity (Wildman–Crippen MR) is 166 cm³/mol. The Labute approximate surface area is 277 Å². The number of nitrogen functional groups attached to an aromatic ring is 1. The molecule has 0 bridgehead atoms. The van der Waals surface area contributed by atoms with Crippen LogP contribution in [0.25, 0.3) is 5.65 Å². The summed E-state index contributed by atoms with van der Waals surface area (Å²) in [4.78, 5) is 61.0. The standard InChI is InChI=1S/C29H24N8O9S2/c30-28-33-19(14-47-28)29(27(44)45,15-5-6-17(38)18(39)11-15)46-32-13-20(40)34-25-16(24(26(42)43)37-22(41)12-23(37)48-25)3-2-8-35-9-10-36-21(35)4-1-7-31-36/h1-7,9-11,13-14,23,25,31H,8,12H2,(H5,30,33,34,40,42,43,44,45)/b3-2+,32-13-/t23-,25+,29?/m1/s1. The van der Waals surface area contributed by atoms with Crippen molar-refractivity contribution in [1.29, 1.82) is 0 Å². The quantitative estimate of drug-likeness (QED) is 0.0434. The maximum absolute atomic E-state index is 13.1. The zero-order valence-corrected chi connectivity index (χ0v) is 26.0. The molecule has 19 heteroatoms. The second-order valence-electron chi connectivity index (χ2n) is 10.3. The number of hydrogen-bond donors (Lipinski definition) is 5. The van der Waals surface area contributed by atoms with Crippen LogP contribution in [0.1, 0.15) is 17.7 Å². The molecule has 4 aromatic rings. The predicted octanol–water partition coefficient (Wildman–Crippen LogP) is -0.590. The minimum Gasteiger partial charge on any atom is -0.543 e. The van der Waals surface area contributed by atoms with Gasteiger partial charge in [0.2, 0.25) is 5.91 Å². The Morgan fingerprint density at radius 1 is 1.27 bits per heavy atom. The molecule has 6 N–H and O–H groups in total. The number of thioether (sulfide) groups is 1. The molecule has 48 heavy (non-hydrogen) atoms. The van der Waals surface area contributed by atoms with Gasteiger partial charge in [-0.15, -0.1) is 27.6 Å². The molecule has 3 aromatic heterocycles. The van der Waals surface area contributed by atoms with Crippen LogP contribution >= 0.6 is 23.1 Å². The van der Waals surface area contributed by atoms with Crippen LogP contribution in [0.2, 0.25) is 0 Å². The van der Waals surface area contributed by atoms with Gasteiger partial charge in [0.15, 0.2) is 22.8 Å². The molecule has 0 saturated carbocycles. The van der Waals surface area contributed by atoms with Gasteiger partial charge in [-0.3, -0.25) is 14.5 Å². The third-order valence-corrected chi connectivity index (χ3v) is 9.44. The van der Waals surface area contributed by atoms with E-state index < -0.39 is 57.3 Å². The number of carboxylic acids is 2. The first-order valence-corrected chi connectivity index (χ1v) is 15.7. The molecule has 17 nitrogen and oxygen atoms in total. The number of anilines is 1. The highest BCUT2D eigenvalue weighted by molar-refractivity contribution is 8.00. The van der Waals surface area contributed by atoms with Gasteiger partial charge in [0.25, 0.3) is 5.91 Å². The zero-order chi connectivity index (χ0) is 34.2. The number of allylic oxidation sites excluding steroid dienone is 1. The maximum Gasteiger partial charge on any atom is 0.362 e. The Kier molecular flexibility index (Phi) is 8.46. The van der Waals surface area contributed by atoms with Crippen LogP contribution in [-0.4, -0.2) is 75.5 Å². The van der Waals surface area contributed by atoms with E-state index in [2.05, 4.69) is 20.6 Å². The fraction of sp³-hybridized carbons (Fsp3) is 0.172. The van der Waals surface area contributed by atoms with E-state index in [1.54, 1.807) is 35.2 Å². The Morgan fingerprint density at radius 3 is 2.77 bits per heavy atom. The van der Waals surface area contributed by atoms with Crippen molar-refractivity contribution in [3.05, 3.63) is 89.0 Å². The molecule has 2 aliphatic heterocycles. The number of carboxylic acid groups (broad SMARTS) is 2. The Balaban J connectivity index is 1.27. The number of benzene rings is 1. The number of fused-ring (bicyclic) bond motifs is 2. The Hall–Kier alpha value is -5.95. The number of phenols is 2. The Morgan fingerprint density at radius 2 is 2.08 bits per heavy atom. The van der Waals surface area contributed by atoms with Crippen molar-refractivity contribution in [3.63, 3.8) is 0 Å². The molecule has 246 valence electrons. The van der Waals surface area contributed by atoms with Crippen LogP contribution in [-0.2, 0) is 36.2 Å². The summed E-state index contributed by atoms with van der Waals surface area (Å²) in [6.45, 7) is 0.287. The number of nitrogens with zero attached hydrogens (tertiary/aromatic N) is 6. The molecule has 1 unspecified atom stereocenters. The monoisotopic (exact) mass is 692 g/mol. The number of phenolic OH excluding ortho intramolecular Hbond substituents is 2. The molecule has 1 saturated heterocycles. The number of hydrogen-bond acceptors (Lipinski definition) is 14. The largest absolute Gasteiger partial charge is 0.543 e. The maximum atomic E-state index is 13.1. The minimum absolute atomic E-state index is 0.00160. The molecule has 0 spiro atoms. The van der Waals surface area contributed by atoms with E-state index >= 15 is 0 Å². The summed E-state index contributed by atoms with van der Waals surface area (Å²) in [5.74, 6) is -5.74. The number of imidazole rings is 1. The van der Waals surface area contributed by atoms with Gasteiger partial charge in [0.05, 0.1) is 29.7 Å². The van der Waals surface area contributed by atoms with Gasteiger partial charge in [0, 0.05) is 22.6 Å². The van der Waals surface area contributed by atoms with Crippen LogP contribution < -0.4 is 20.7 Å². The van der Waals surface area contributed by atoms with Crippen molar-refractivity contribution in [2.75, 3.05) is 5.73 Å². The first-order chi connectivity index (χ1) is 23.0. The van der Waals surface area contributed by atoms with E-state index in [1.807, 2.05) is 10.6 Å². The van der Waals surface area contributed by atoms with Crippen molar-refractivity contribution in [2.45, 2.75) is 29.3 Å². The van der Waals surface area contributed by atoms with Crippen molar-refractivity contribution in [2.24, 2.45) is 5.16 Å². The van der Waals surface area contributed by atoms with Crippen LogP contribution in [0, 0.1) is 0 Å². The van der Waals surface area contributed by atoms with Gasteiger partial charge in [0.1, 0.15) is 30.0 Å². The average molecular weight is 693 g/mol. The molecule has 5 heterocycles. The number of carbonyl (C=O) groups excluding carboxylic acids is 3. The molecule has 2 aliphatic rings. The number of aromatic hydroxyl groups is 2. The van der Waals surface area contributed by atoms with E-state index in [9.17, 15) is 39.6 Å². The number of oxime groups is 1. The summed E-state index contributed by atoms with van der Waals surface area (Å²) in [7, 11) is 0. The number of amides is 2. The molecule has 1 fully saturated rings. The molecule has 6 rings (SSSR count). The number of thiazole rings is 1. The van der Waals surface area contributed by atoms with E-state index in [0.717, 1.165) is 51.8 Å². The number of nitrogens with one attached hydrogen (secondary N) is 1. The number of aliphatic carboxylic acids is 2. The second kappa shape index (κ2) is 12.7. The Bertz CT molecular complexity index is 2060. The number of carbonyl (C=O) groups is 4.